The van der Waals surface area contributed by atoms with Crippen molar-refractivity contribution in [2.45, 2.75) is 13.8 Å². The number of nitrogens with zero attached hydrogens (tertiary/aromatic N) is 3. The van der Waals surface area contributed by atoms with E-state index in [-0.39, 0.29) is 11.8 Å². The summed E-state index contributed by atoms with van der Waals surface area (Å²) in [4.78, 5) is 15.6. The van der Waals surface area contributed by atoms with Gasteiger partial charge in [-0.15, -0.1) is 10.2 Å². The van der Waals surface area contributed by atoms with Crippen LogP contribution in [0, 0.1) is 5.92 Å². The number of aromatic nitrogens is 3. The highest BCUT2D eigenvalue weighted by Gasteiger charge is 2.08. The summed E-state index contributed by atoms with van der Waals surface area (Å²) in [6.45, 7) is 4.92. The molecule has 0 saturated carbocycles. The Bertz CT molecular complexity index is 555. The van der Waals surface area contributed by atoms with Crippen molar-refractivity contribution in [3.05, 3.63) is 24.4 Å². The Balaban J connectivity index is 1.81. The van der Waals surface area contributed by atoms with Gasteiger partial charge < -0.3 is 10.6 Å². The Morgan fingerprint density at radius 3 is 2.85 bits per heavy atom. The molecule has 0 atom stereocenters. The summed E-state index contributed by atoms with van der Waals surface area (Å²) in [5.41, 5.74) is 0.811. The molecule has 2 N–H and O–H groups in total. The lowest BCUT2D eigenvalue weighted by molar-refractivity contribution is -0.123. The molecule has 0 aliphatic carbocycles. The summed E-state index contributed by atoms with van der Waals surface area (Å²) >= 11 is 1.44. The Labute approximate surface area is 121 Å². The molecule has 2 rings (SSSR count). The van der Waals surface area contributed by atoms with Gasteiger partial charge in [-0.3, -0.25) is 9.78 Å². The zero-order valence-electron chi connectivity index (χ0n) is 11.5. The second-order valence-corrected chi connectivity index (χ2v) is 5.48. The van der Waals surface area contributed by atoms with Gasteiger partial charge in [-0.25, -0.2) is 0 Å². The van der Waals surface area contributed by atoms with Gasteiger partial charge in [-0.05, 0) is 12.1 Å². The van der Waals surface area contributed by atoms with Crippen LogP contribution in [-0.4, -0.2) is 34.2 Å². The summed E-state index contributed by atoms with van der Waals surface area (Å²) < 4.78 is 0. The lowest BCUT2D eigenvalue weighted by Gasteiger charge is -2.07. The summed E-state index contributed by atoms with van der Waals surface area (Å²) in [6.07, 6.45) is 1.73. The first-order chi connectivity index (χ1) is 9.66. The van der Waals surface area contributed by atoms with E-state index in [0.29, 0.717) is 13.1 Å². The molecule has 2 heterocycles. The number of rotatable bonds is 6. The Morgan fingerprint density at radius 2 is 2.15 bits per heavy atom. The molecule has 0 aliphatic heterocycles. The number of nitrogens with one attached hydrogen (secondary N) is 2. The first-order valence-corrected chi connectivity index (χ1v) is 7.25. The SMILES string of the molecule is CC(C)C(=O)NCCNc1nnc(-c2ccccn2)s1. The smallest absolute Gasteiger partial charge is 0.222 e. The van der Waals surface area contributed by atoms with E-state index >= 15 is 0 Å². The molecule has 2 aromatic rings. The number of anilines is 1. The predicted molar refractivity (Wildman–Crippen MR) is 79.5 cm³/mol. The van der Waals surface area contributed by atoms with E-state index in [1.165, 1.54) is 11.3 Å². The van der Waals surface area contributed by atoms with E-state index < -0.39 is 0 Å². The normalized spacial score (nSPS) is 10.6. The monoisotopic (exact) mass is 291 g/mol. The molecule has 7 heteroatoms. The largest absolute Gasteiger partial charge is 0.358 e. The molecule has 0 radical (unpaired) electrons. The van der Waals surface area contributed by atoms with Crippen LogP contribution in [0.2, 0.25) is 0 Å². The van der Waals surface area contributed by atoms with Gasteiger partial charge in [0.2, 0.25) is 11.0 Å². The lowest BCUT2D eigenvalue weighted by Crippen LogP contribution is -2.31. The van der Waals surface area contributed by atoms with E-state index in [2.05, 4.69) is 25.8 Å². The van der Waals surface area contributed by atoms with Crippen LogP contribution in [0.3, 0.4) is 0 Å². The van der Waals surface area contributed by atoms with Gasteiger partial charge in [-0.2, -0.15) is 0 Å². The Kier molecular flexibility index (Phi) is 5.00. The third-order valence-corrected chi connectivity index (χ3v) is 3.44. The van der Waals surface area contributed by atoms with Gasteiger partial charge in [-0.1, -0.05) is 31.3 Å². The molecule has 2 aromatic heterocycles. The molecule has 106 valence electrons. The minimum atomic E-state index is 0.00675. The molecule has 6 nitrogen and oxygen atoms in total. The van der Waals surface area contributed by atoms with Gasteiger partial charge in [0, 0.05) is 25.2 Å². The van der Waals surface area contributed by atoms with Crippen molar-refractivity contribution in [2.75, 3.05) is 18.4 Å². The molecule has 0 spiro atoms. The zero-order chi connectivity index (χ0) is 14.4. The fourth-order valence-electron chi connectivity index (χ4n) is 1.45. The van der Waals surface area contributed by atoms with Crippen molar-refractivity contribution in [3.8, 4) is 10.7 Å². The van der Waals surface area contributed by atoms with Crippen LogP contribution in [0.15, 0.2) is 24.4 Å². The maximum atomic E-state index is 11.4. The predicted octanol–water partition coefficient (Wildman–Crippen LogP) is 1.78. The maximum absolute atomic E-state index is 11.4. The summed E-state index contributed by atoms with van der Waals surface area (Å²) in [5, 5.41) is 15.6. The minimum Gasteiger partial charge on any atom is -0.358 e. The molecule has 1 amide bonds. The first kappa shape index (κ1) is 14.4. The highest BCUT2D eigenvalue weighted by molar-refractivity contribution is 7.18. The van der Waals surface area contributed by atoms with E-state index in [1.807, 2.05) is 32.0 Å². The quantitative estimate of drug-likeness (QED) is 0.793. The average molecular weight is 291 g/mol. The van der Waals surface area contributed by atoms with Gasteiger partial charge in [0.15, 0.2) is 5.01 Å². The zero-order valence-corrected chi connectivity index (χ0v) is 12.3. The van der Waals surface area contributed by atoms with Crippen molar-refractivity contribution in [1.29, 1.82) is 0 Å². The van der Waals surface area contributed by atoms with Gasteiger partial charge in [0.1, 0.15) is 5.69 Å². The van der Waals surface area contributed by atoms with Gasteiger partial charge >= 0.3 is 0 Å². The van der Waals surface area contributed by atoms with E-state index in [1.54, 1.807) is 6.20 Å². The number of hydrogen-bond donors (Lipinski definition) is 2. The average Bonchev–Trinajstić information content (AvgIpc) is 2.93. The number of pyridine rings is 1. The molecular formula is C13H17N5OS. The second kappa shape index (κ2) is 6.95. The molecule has 0 aromatic carbocycles. The molecular weight excluding hydrogens is 274 g/mol. The lowest BCUT2D eigenvalue weighted by atomic mass is 10.2. The summed E-state index contributed by atoms with van der Waals surface area (Å²) in [7, 11) is 0. The van der Waals surface area contributed by atoms with Crippen LogP contribution in [-0.2, 0) is 4.79 Å². The fourth-order valence-corrected chi connectivity index (χ4v) is 2.19. The van der Waals surface area contributed by atoms with Crippen molar-refractivity contribution in [1.82, 2.24) is 20.5 Å². The highest BCUT2D eigenvalue weighted by Crippen LogP contribution is 2.23. The van der Waals surface area contributed by atoms with Crippen molar-refractivity contribution in [3.63, 3.8) is 0 Å². The van der Waals surface area contributed by atoms with Crippen molar-refractivity contribution < 1.29 is 4.79 Å². The summed E-state index contributed by atoms with van der Waals surface area (Å²) in [5.74, 6) is 0.0607. The number of carbonyl (C=O) groups excluding carboxylic acids is 1. The van der Waals surface area contributed by atoms with Gasteiger partial charge in [0.25, 0.3) is 0 Å². The summed E-state index contributed by atoms with van der Waals surface area (Å²) in [6, 6.07) is 5.67. The Hall–Kier alpha value is -2.02. The van der Waals surface area contributed by atoms with E-state index in [0.717, 1.165) is 15.8 Å². The van der Waals surface area contributed by atoms with E-state index in [4.69, 9.17) is 0 Å². The number of carbonyl (C=O) groups is 1. The highest BCUT2D eigenvalue weighted by atomic mass is 32.1. The van der Waals surface area contributed by atoms with Gasteiger partial charge in [0.05, 0.1) is 0 Å². The molecule has 0 aliphatic rings. The molecule has 0 fully saturated rings. The van der Waals surface area contributed by atoms with Crippen LogP contribution >= 0.6 is 11.3 Å². The minimum absolute atomic E-state index is 0.00675. The molecule has 0 saturated heterocycles. The fraction of sp³-hybridized carbons (Fsp3) is 0.385. The number of hydrogen-bond acceptors (Lipinski definition) is 6. The van der Waals surface area contributed by atoms with Crippen molar-refractivity contribution >= 4 is 22.4 Å². The maximum Gasteiger partial charge on any atom is 0.222 e. The van der Waals surface area contributed by atoms with Crippen LogP contribution in [0.4, 0.5) is 5.13 Å². The molecule has 0 bridgehead atoms. The van der Waals surface area contributed by atoms with Crippen LogP contribution in [0.1, 0.15) is 13.8 Å². The van der Waals surface area contributed by atoms with Crippen LogP contribution in [0.25, 0.3) is 10.7 Å². The second-order valence-electron chi connectivity index (χ2n) is 4.50. The van der Waals surface area contributed by atoms with Crippen LogP contribution < -0.4 is 10.6 Å². The van der Waals surface area contributed by atoms with Crippen molar-refractivity contribution in [2.24, 2.45) is 5.92 Å². The van der Waals surface area contributed by atoms with Crippen LogP contribution in [0.5, 0.6) is 0 Å². The molecule has 0 unspecified atom stereocenters. The number of amides is 1. The third kappa shape index (κ3) is 3.99. The first-order valence-electron chi connectivity index (χ1n) is 6.43. The standard InChI is InChI=1S/C13H17N5OS/c1-9(2)11(19)15-7-8-16-13-18-17-12(20-13)10-5-3-4-6-14-10/h3-6,9H,7-8H2,1-2H3,(H,15,19)(H,16,18). The third-order valence-electron chi connectivity index (χ3n) is 2.53. The molecule has 20 heavy (non-hydrogen) atoms. The Morgan fingerprint density at radius 1 is 1.30 bits per heavy atom. The van der Waals surface area contributed by atoms with E-state index in [9.17, 15) is 4.79 Å². The topological polar surface area (TPSA) is 79.8 Å².